The maximum Gasteiger partial charge on any atom is 0.128 e. The molecule has 0 aromatic heterocycles. The number of thiocarbonyl (C=S) groups is 1. The molecule has 0 aromatic rings. The fourth-order valence-corrected chi connectivity index (χ4v) is 1.55. The van der Waals surface area contributed by atoms with Gasteiger partial charge in [0.15, 0.2) is 0 Å². The minimum atomic E-state index is 0.194. The van der Waals surface area contributed by atoms with Crippen LogP contribution >= 0.6 is 24.8 Å². The van der Waals surface area contributed by atoms with E-state index in [1.165, 1.54) is 51.7 Å². The highest BCUT2D eigenvalue weighted by Gasteiger charge is 1.95. The molecule has 2 nitrogen and oxygen atoms in total. The van der Waals surface area contributed by atoms with Crippen LogP contribution in [0.1, 0.15) is 52.9 Å². The smallest absolute Gasteiger partial charge is 0.128 e. The van der Waals surface area contributed by atoms with Crippen LogP contribution < -0.4 is 5.73 Å². The van der Waals surface area contributed by atoms with Gasteiger partial charge < -0.3 is 10.6 Å². The second-order valence-electron chi connectivity index (χ2n) is 3.73. The highest BCUT2D eigenvalue weighted by atomic mass is 32.1. The Morgan fingerprint density at radius 3 is 1.25 bits per heavy atom. The van der Waals surface area contributed by atoms with Crippen molar-refractivity contribution in [2.45, 2.75) is 52.9 Å². The van der Waals surface area contributed by atoms with E-state index in [1.54, 1.807) is 0 Å². The molecule has 0 aliphatic heterocycles. The van der Waals surface area contributed by atoms with E-state index in [9.17, 15) is 0 Å². The summed E-state index contributed by atoms with van der Waals surface area (Å²) in [6.45, 7) is 10.1. The highest BCUT2D eigenvalue weighted by molar-refractivity contribution is 8.10. The lowest BCUT2D eigenvalue weighted by Gasteiger charge is -2.13. The Morgan fingerprint density at radius 1 is 1.00 bits per heavy atom. The Labute approximate surface area is 112 Å². The number of nitrogens with zero attached hydrogens (tertiary/aromatic N) is 1. The fourth-order valence-electron chi connectivity index (χ4n) is 1.55. The number of rotatable bonds is 3. The SMILES string of the molecule is C1CCCC1.CCN(CC)CC.NC(=S)S. The molecule has 0 bridgehead atoms. The Hall–Kier alpha value is 0.200. The van der Waals surface area contributed by atoms with E-state index in [1.807, 2.05) is 0 Å². The lowest BCUT2D eigenvalue weighted by atomic mass is 10.4. The molecule has 1 rings (SSSR count). The standard InChI is InChI=1S/C6H15N.C5H10.CH3NS2/c1-4-7(5-2)6-3;1-2-4-5-3-1;2-1(3)4/h4-6H2,1-3H3;1-5H2;(H3,2,3,4). The molecule has 0 amide bonds. The number of nitrogens with two attached hydrogens (primary N) is 1. The molecule has 0 atom stereocenters. The van der Waals surface area contributed by atoms with Crippen molar-refractivity contribution in [1.29, 1.82) is 0 Å². The molecule has 16 heavy (non-hydrogen) atoms. The summed E-state index contributed by atoms with van der Waals surface area (Å²) in [4.78, 5) is 2.38. The molecule has 0 saturated heterocycles. The molecule has 0 unspecified atom stereocenters. The van der Waals surface area contributed by atoms with Gasteiger partial charge in [0.25, 0.3) is 0 Å². The number of hydrogen-bond acceptors (Lipinski definition) is 2. The van der Waals surface area contributed by atoms with E-state index >= 15 is 0 Å². The first kappa shape index (κ1) is 18.6. The molecule has 1 fully saturated rings. The summed E-state index contributed by atoms with van der Waals surface area (Å²) in [6, 6.07) is 0. The summed E-state index contributed by atoms with van der Waals surface area (Å²) in [5, 5.41) is 0. The molecule has 0 heterocycles. The van der Waals surface area contributed by atoms with Crippen LogP contribution in [0.15, 0.2) is 0 Å². The van der Waals surface area contributed by atoms with Crippen molar-refractivity contribution >= 4 is 29.2 Å². The maximum absolute atomic E-state index is 4.71. The number of thiol groups is 1. The molecule has 1 aliphatic carbocycles. The third-order valence-electron chi connectivity index (χ3n) is 2.59. The summed E-state index contributed by atoms with van der Waals surface area (Å²) in [5.74, 6) is 0. The quantitative estimate of drug-likeness (QED) is 0.604. The Morgan fingerprint density at radius 2 is 1.19 bits per heavy atom. The molecule has 98 valence electrons. The summed E-state index contributed by atoms with van der Waals surface area (Å²) in [5.41, 5.74) is 4.71. The molecule has 0 radical (unpaired) electrons. The van der Waals surface area contributed by atoms with Crippen LogP contribution in [0.5, 0.6) is 0 Å². The summed E-state index contributed by atoms with van der Waals surface area (Å²) >= 11 is 7.65. The first-order valence-corrected chi connectivity index (χ1v) is 7.14. The van der Waals surface area contributed by atoms with Crippen LogP contribution in [-0.4, -0.2) is 28.9 Å². The molecule has 0 spiro atoms. The van der Waals surface area contributed by atoms with Crippen molar-refractivity contribution in [2.75, 3.05) is 19.6 Å². The zero-order chi connectivity index (χ0) is 12.8. The van der Waals surface area contributed by atoms with E-state index in [-0.39, 0.29) is 4.32 Å². The predicted molar refractivity (Wildman–Crippen MR) is 82.3 cm³/mol. The average Bonchev–Trinajstić information content (AvgIpc) is 2.77. The van der Waals surface area contributed by atoms with Gasteiger partial charge in [0.1, 0.15) is 4.32 Å². The monoisotopic (exact) mass is 264 g/mol. The van der Waals surface area contributed by atoms with Gasteiger partial charge in [-0.05, 0) is 19.6 Å². The van der Waals surface area contributed by atoms with Gasteiger partial charge in [0.05, 0.1) is 0 Å². The molecule has 1 aliphatic rings. The first-order valence-electron chi connectivity index (χ1n) is 6.29. The molecule has 4 heteroatoms. The van der Waals surface area contributed by atoms with Crippen LogP contribution in [0, 0.1) is 0 Å². The van der Waals surface area contributed by atoms with Gasteiger partial charge in [-0.25, -0.2) is 0 Å². The third-order valence-corrected chi connectivity index (χ3v) is 2.59. The van der Waals surface area contributed by atoms with E-state index < -0.39 is 0 Å². The van der Waals surface area contributed by atoms with Gasteiger partial charge in [-0.3, -0.25) is 0 Å². The first-order chi connectivity index (χ1) is 7.58. The second kappa shape index (κ2) is 15.2. The molecular weight excluding hydrogens is 236 g/mol. The van der Waals surface area contributed by atoms with Gasteiger partial charge in [-0.2, -0.15) is 0 Å². The van der Waals surface area contributed by atoms with Crippen LogP contribution in [0.25, 0.3) is 0 Å². The second-order valence-corrected chi connectivity index (χ2v) is 4.95. The Balaban J connectivity index is 0. The largest absolute Gasteiger partial charge is 0.385 e. The fraction of sp³-hybridized carbons (Fsp3) is 0.917. The van der Waals surface area contributed by atoms with Gasteiger partial charge in [-0.15, -0.1) is 12.6 Å². The average molecular weight is 265 g/mol. The van der Waals surface area contributed by atoms with Crippen molar-refractivity contribution in [2.24, 2.45) is 5.73 Å². The van der Waals surface area contributed by atoms with Crippen molar-refractivity contribution in [3.63, 3.8) is 0 Å². The van der Waals surface area contributed by atoms with E-state index in [0.717, 1.165) is 0 Å². The maximum atomic E-state index is 4.71. The molecule has 0 aromatic carbocycles. The van der Waals surface area contributed by atoms with Crippen molar-refractivity contribution in [1.82, 2.24) is 4.90 Å². The van der Waals surface area contributed by atoms with E-state index in [4.69, 9.17) is 5.73 Å². The Bertz CT molecular complexity index is 127. The minimum Gasteiger partial charge on any atom is -0.385 e. The van der Waals surface area contributed by atoms with Crippen molar-refractivity contribution in [3.05, 3.63) is 0 Å². The normalized spacial score (nSPS) is 13.6. The molecular formula is C12H28N2S2. The molecule has 2 N–H and O–H groups in total. The summed E-state index contributed by atoms with van der Waals surface area (Å²) in [6.07, 6.45) is 7.50. The van der Waals surface area contributed by atoms with Gasteiger partial charge >= 0.3 is 0 Å². The van der Waals surface area contributed by atoms with Gasteiger partial charge in [0, 0.05) is 0 Å². The highest BCUT2D eigenvalue weighted by Crippen LogP contribution is 2.15. The predicted octanol–water partition coefficient (Wildman–Crippen LogP) is 3.46. The zero-order valence-corrected chi connectivity index (χ0v) is 12.7. The van der Waals surface area contributed by atoms with Crippen LogP contribution in [0.2, 0.25) is 0 Å². The number of hydrogen-bond donors (Lipinski definition) is 2. The Kier molecular flexibility index (Phi) is 17.6. The zero-order valence-electron chi connectivity index (χ0n) is 11.0. The van der Waals surface area contributed by atoms with Crippen LogP contribution in [-0.2, 0) is 0 Å². The van der Waals surface area contributed by atoms with E-state index in [0.29, 0.717) is 0 Å². The lowest BCUT2D eigenvalue weighted by molar-refractivity contribution is 0.321. The van der Waals surface area contributed by atoms with Gasteiger partial charge in [-0.1, -0.05) is 65.1 Å². The summed E-state index contributed by atoms with van der Waals surface area (Å²) < 4.78 is 0.194. The lowest BCUT2D eigenvalue weighted by Crippen LogP contribution is -2.21. The van der Waals surface area contributed by atoms with E-state index in [2.05, 4.69) is 50.5 Å². The topological polar surface area (TPSA) is 29.3 Å². The van der Waals surface area contributed by atoms with Crippen molar-refractivity contribution in [3.8, 4) is 0 Å². The summed E-state index contributed by atoms with van der Waals surface area (Å²) in [7, 11) is 0. The third kappa shape index (κ3) is 19.7. The minimum absolute atomic E-state index is 0.194. The van der Waals surface area contributed by atoms with Crippen molar-refractivity contribution < 1.29 is 0 Å². The molecule has 1 saturated carbocycles. The van der Waals surface area contributed by atoms with Gasteiger partial charge in [0.2, 0.25) is 0 Å². The van der Waals surface area contributed by atoms with Crippen LogP contribution in [0.4, 0.5) is 0 Å². The van der Waals surface area contributed by atoms with Crippen LogP contribution in [0.3, 0.4) is 0 Å².